The van der Waals surface area contributed by atoms with E-state index in [0.29, 0.717) is 75.5 Å². The summed E-state index contributed by atoms with van der Waals surface area (Å²) >= 11 is 0. The molecule has 3 heterocycles. The summed E-state index contributed by atoms with van der Waals surface area (Å²) < 4.78 is 67.4. The van der Waals surface area contributed by atoms with Crippen LogP contribution in [0.2, 0.25) is 0 Å². The summed E-state index contributed by atoms with van der Waals surface area (Å²) in [6, 6.07) is 7.27. The second-order valence-corrected chi connectivity index (χ2v) is 11.5. The van der Waals surface area contributed by atoms with Crippen molar-refractivity contribution in [1.29, 1.82) is 0 Å². The molecule has 1 atom stereocenters. The Morgan fingerprint density at radius 1 is 1.05 bits per heavy atom. The van der Waals surface area contributed by atoms with E-state index >= 15 is 4.39 Å². The lowest BCUT2D eigenvalue weighted by Gasteiger charge is -2.40. The standard InChI is InChI=1S/C33H37F4N3O3/c1-42-25-4-5-30-26(19-25)31(24(20-38-30)21-40-13-15-43-16-14-40)27(34)6-7-33(22-41)8-11-39(12-9-33)10-2-3-23-17-28(35)32(37)29(36)18-23/h4-5,17-20,27,41H,6-16,21-22H2,1H3/t27-/m0/s1. The minimum atomic E-state index is -1.51. The van der Waals surface area contributed by atoms with Crippen molar-refractivity contribution >= 4 is 10.9 Å². The predicted octanol–water partition coefficient (Wildman–Crippen LogP) is 5.41. The zero-order valence-corrected chi connectivity index (χ0v) is 24.4. The number of aliphatic hydroxyl groups excluding tert-OH is 1. The number of nitrogens with zero attached hydrogens (tertiary/aromatic N) is 3. The number of aromatic nitrogens is 1. The van der Waals surface area contributed by atoms with Crippen molar-refractivity contribution in [2.75, 3.05) is 59.7 Å². The maximum absolute atomic E-state index is 16.4. The zero-order chi connectivity index (χ0) is 30.4. The Labute approximate surface area is 249 Å². The van der Waals surface area contributed by atoms with Gasteiger partial charge >= 0.3 is 0 Å². The second kappa shape index (κ2) is 14.0. The summed E-state index contributed by atoms with van der Waals surface area (Å²) in [5.41, 5.74) is 1.85. The highest BCUT2D eigenvalue weighted by Crippen LogP contribution is 2.41. The average molecular weight is 600 g/mol. The molecular weight excluding hydrogens is 562 g/mol. The fourth-order valence-corrected chi connectivity index (χ4v) is 5.99. The van der Waals surface area contributed by atoms with E-state index in [-0.39, 0.29) is 18.6 Å². The SMILES string of the molecule is COc1ccc2ncc(CN3CCOCC3)c([C@@H](F)CCC3(CO)CCN(CC#Cc4cc(F)c(F)c(F)c4)CC3)c2c1. The van der Waals surface area contributed by atoms with Crippen LogP contribution in [0.15, 0.2) is 36.5 Å². The Balaban J connectivity index is 1.25. The van der Waals surface area contributed by atoms with Crippen molar-refractivity contribution in [2.45, 2.75) is 38.4 Å². The molecule has 2 aliphatic heterocycles. The lowest BCUT2D eigenvalue weighted by molar-refractivity contribution is 0.0323. The van der Waals surface area contributed by atoms with Crippen molar-refractivity contribution in [3.63, 3.8) is 0 Å². The summed E-state index contributed by atoms with van der Waals surface area (Å²) in [7, 11) is 1.59. The van der Waals surface area contributed by atoms with Gasteiger partial charge in [-0.15, -0.1) is 0 Å². The van der Waals surface area contributed by atoms with Gasteiger partial charge in [-0.05, 0) is 80.1 Å². The Hall–Kier alpha value is -3.23. The topological polar surface area (TPSA) is 58.1 Å². The number of aliphatic hydroxyl groups is 1. The van der Waals surface area contributed by atoms with Crippen LogP contribution in [-0.2, 0) is 11.3 Å². The molecule has 0 saturated carbocycles. The maximum Gasteiger partial charge on any atom is 0.194 e. The van der Waals surface area contributed by atoms with E-state index in [0.717, 1.165) is 36.2 Å². The van der Waals surface area contributed by atoms with Gasteiger partial charge in [0.1, 0.15) is 11.9 Å². The third-order valence-corrected chi connectivity index (χ3v) is 8.71. The van der Waals surface area contributed by atoms with E-state index in [1.807, 2.05) is 18.2 Å². The van der Waals surface area contributed by atoms with E-state index in [9.17, 15) is 18.3 Å². The zero-order valence-electron chi connectivity index (χ0n) is 24.4. The van der Waals surface area contributed by atoms with E-state index in [1.54, 1.807) is 13.3 Å². The number of pyridine rings is 1. The highest BCUT2D eigenvalue weighted by Gasteiger charge is 2.35. The average Bonchev–Trinajstić information content (AvgIpc) is 3.03. The molecule has 0 aliphatic carbocycles. The molecule has 6 nitrogen and oxygen atoms in total. The molecule has 1 aromatic heterocycles. The van der Waals surface area contributed by atoms with Crippen molar-refractivity contribution in [1.82, 2.24) is 14.8 Å². The number of alkyl halides is 1. The van der Waals surface area contributed by atoms with Crippen LogP contribution in [0.1, 0.15) is 48.5 Å². The van der Waals surface area contributed by atoms with Gasteiger partial charge < -0.3 is 14.6 Å². The molecule has 2 aliphatic rings. The smallest absolute Gasteiger partial charge is 0.194 e. The molecule has 0 unspecified atom stereocenters. The quantitative estimate of drug-likeness (QED) is 0.202. The molecule has 1 N–H and O–H groups in total. The van der Waals surface area contributed by atoms with Crippen molar-refractivity contribution in [3.05, 3.63) is 70.7 Å². The molecule has 0 amide bonds. The van der Waals surface area contributed by atoms with E-state index < -0.39 is 29.0 Å². The predicted molar refractivity (Wildman–Crippen MR) is 156 cm³/mol. The summed E-state index contributed by atoms with van der Waals surface area (Å²) in [4.78, 5) is 8.96. The lowest BCUT2D eigenvalue weighted by Crippen LogP contribution is -2.42. The van der Waals surface area contributed by atoms with Gasteiger partial charge in [-0.25, -0.2) is 17.6 Å². The largest absolute Gasteiger partial charge is 0.497 e. The second-order valence-electron chi connectivity index (χ2n) is 11.5. The highest BCUT2D eigenvalue weighted by molar-refractivity contribution is 5.85. The Morgan fingerprint density at radius 2 is 1.77 bits per heavy atom. The third-order valence-electron chi connectivity index (χ3n) is 8.71. The summed E-state index contributed by atoms with van der Waals surface area (Å²) in [5.74, 6) is 2.18. The van der Waals surface area contributed by atoms with Gasteiger partial charge in [-0.1, -0.05) is 11.8 Å². The van der Waals surface area contributed by atoms with Crippen LogP contribution in [0.25, 0.3) is 10.9 Å². The molecule has 5 rings (SSSR count). The molecule has 0 radical (unpaired) electrons. The van der Waals surface area contributed by atoms with Crippen LogP contribution >= 0.6 is 0 Å². The molecular formula is C33H37F4N3O3. The number of piperidine rings is 1. The van der Waals surface area contributed by atoms with Crippen LogP contribution in [0.5, 0.6) is 5.75 Å². The first-order valence-electron chi connectivity index (χ1n) is 14.7. The minimum Gasteiger partial charge on any atom is -0.497 e. The number of benzene rings is 2. The Kier molecular flexibility index (Phi) is 10.2. The molecule has 43 heavy (non-hydrogen) atoms. The Morgan fingerprint density at radius 3 is 2.44 bits per heavy atom. The first kappa shape index (κ1) is 31.2. The van der Waals surface area contributed by atoms with Crippen LogP contribution < -0.4 is 4.74 Å². The van der Waals surface area contributed by atoms with Crippen molar-refractivity contribution < 1.29 is 32.1 Å². The number of methoxy groups -OCH3 is 1. The lowest BCUT2D eigenvalue weighted by atomic mass is 9.74. The van der Waals surface area contributed by atoms with E-state index in [2.05, 4.69) is 26.6 Å². The van der Waals surface area contributed by atoms with Gasteiger partial charge in [0, 0.05) is 49.0 Å². The normalized spacial score (nSPS) is 18.3. The fraction of sp³-hybridized carbons (Fsp3) is 0.485. The highest BCUT2D eigenvalue weighted by atomic mass is 19.2. The number of ether oxygens (including phenoxy) is 2. The minimum absolute atomic E-state index is 0.0427. The van der Waals surface area contributed by atoms with Crippen molar-refractivity contribution in [2.24, 2.45) is 5.41 Å². The van der Waals surface area contributed by atoms with Crippen LogP contribution in [0.3, 0.4) is 0 Å². The number of hydrogen-bond donors (Lipinski definition) is 1. The number of likely N-dealkylation sites (tertiary alicyclic amines) is 1. The summed E-state index contributed by atoms with van der Waals surface area (Å²) in [5, 5.41) is 11.1. The first-order valence-corrected chi connectivity index (χ1v) is 14.7. The maximum atomic E-state index is 16.4. The van der Waals surface area contributed by atoms with Gasteiger partial charge in [-0.2, -0.15) is 0 Å². The van der Waals surface area contributed by atoms with Crippen LogP contribution in [0, 0.1) is 34.7 Å². The number of fused-ring (bicyclic) bond motifs is 1. The molecule has 0 bridgehead atoms. The monoisotopic (exact) mass is 599 g/mol. The molecule has 2 saturated heterocycles. The van der Waals surface area contributed by atoms with Gasteiger partial charge in [0.05, 0.1) is 32.4 Å². The summed E-state index contributed by atoms with van der Waals surface area (Å²) in [6.07, 6.45) is 2.64. The number of halogens is 4. The summed E-state index contributed by atoms with van der Waals surface area (Å²) in [6.45, 7) is 5.05. The number of hydrogen-bond acceptors (Lipinski definition) is 6. The third kappa shape index (κ3) is 7.47. The molecule has 0 spiro atoms. The van der Waals surface area contributed by atoms with E-state index in [4.69, 9.17) is 9.47 Å². The van der Waals surface area contributed by atoms with Crippen molar-refractivity contribution in [3.8, 4) is 17.6 Å². The van der Waals surface area contributed by atoms with Crippen LogP contribution in [-0.4, -0.2) is 79.5 Å². The number of rotatable bonds is 9. The van der Waals surface area contributed by atoms with Crippen LogP contribution in [0.4, 0.5) is 17.6 Å². The molecule has 230 valence electrons. The van der Waals surface area contributed by atoms with Gasteiger partial charge in [-0.3, -0.25) is 14.8 Å². The van der Waals surface area contributed by atoms with E-state index in [1.165, 1.54) is 0 Å². The molecule has 2 fully saturated rings. The first-order chi connectivity index (χ1) is 20.8. The fourth-order valence-electron chi connectivity index (χ4n) is 5.99. The molecule has 3 aromatic rings. The molecule has 2 aromatic carbocycles. The molecule has 10 heteroatoms. The van der Waals surface area contributed by atoms with Gasteiger partial charge in [0.25, 0.3) is 0 Å². The van der Waals surface area contributed by atoms with Gasteiger partial charge in [0.15, 0.2) is 17.5 Å². The Bertz CT molecular complexity index is 1450. The van der Waals surface area contributed by atoms with Gasteiger partial charge in [0.2, 0.25) is 0 Å². The number of morpholine rings is 1.